The van der Waals surface area contributed by atoms with Gasteiger partial charge in [0.05, 0.1) is 5.52 Å². The van der Waals surface area contributed by atoms with Crippen molar-refractivity contribution in [1.82, 2.24) is 14.5 Å². The molecule has 1 aromatic carbocycles. The van der Waals surface area contributed by atoms with Gasteiger partial charge in [-0.15, -0.1) is 0 Å². The molecule has 3 nitrogen and oxygen atoms in total. The molecule has 4 rings (SSSR count). The third-order valence-corrected chi connectivity index (χ3v) is 4.51. The van der Waals surface area contributed by atoms with Crippen molar-refractivity contribution >= 4 is 21.9 Å². The van der Waals surface area contributed by atoms with Crippen molar-refractivity contribution in [3.8, 4) is 0 Å². The van der Waals surface area contributed by atoms with E-state index in [-0.39, 0.29) is 0 Å². The lowest BCUT2D eigenvalue weighted by Gasteiger charge is -2.09. The third-order valence-electron chi connectivity index (χ3n) is 4.51. The van der Waals surface area contributed by atoms with Gasteiger partial charge in [0.15, 0.2) is 0 Å². The number of aromatic nitrogens is 3. The molecule has 1 fully saturated rings. The summed E-state index contributed by atoms with van der Waals surface area (Å²) in [6.07, 6.45) is 8.99. The van der Waals surface area contributed by atoms with E-state index in [0.29, 0.717) is 0 Å². The van der Waals surface area contributed by atoms with Gasteiger partial charge in [-0.25, -0.2) is 9.97 Å². The highest BCUT2D eigenvalue weighted by Gasteiger charge is 2.18. The molecule has 96 valence electrons. The van der Waals surface area contributed by atoms with Crippen molar-refractivity contribution in [2.24, 2.45) is 7.05 Å². The zero-order chi connectivity index (χ0) is 12.8. The van der Waals surface area contributed by atoms with Crippen LogP contribution in [0.15, 0.2) is 30.7 Å². The SMILES string of the molecule is Cn1c2ccc(C3CCCC3)cc2c2cncnc21. The molecule has 1 saturated carbocycles. The van der Waals surface area contributed by atoms with Gasteiger partial charge in [0.2, 0.25) is 0 Å². The van der Waals surface area contributed by atoms with Crippen LogP contribution >= 0.6 is 0 Å². The summed E-state index contributed by atoms with van der Waals surface area (Å²) in [7, 11) is 2.08. The van der Waals surface area contributed by atoms with Crippen molar-refractivity contribution in [2.45, 2.75) is 31.6 Å². The van der Waals surface area contributed by atoms with Crippen molar-refractivity contribution in [1.29, 1.82) is 0 Å². The standard InChI is InChI=1S/C16H17N3/c1-19-15-7-6-12(11-4-2-3-5-11)8-13(15)14-9-17-10-18-16(14)19/h6-11H,2-5H2,1H3. The summed E-state index contributed by atoms with van der Waals surface area (Å²) in [5.74, 6) is 0.754. The minimum absolute atomic E-state index is 0.754. The summed E-state index contributed by atoms with van der Waals surface area (Å²) in [6.45, 7) is 0. The predicted octanol–water partition coefficient (Wildman–Crippen LogP) is 3.78. The number of hydrogen-bond donors (Lipinski definition) is 0. The first kappa shape index (κ1) is 11.0. The molecule has 0 unspecified atom stereocenters. The minimum atomic E-state index is 0.754. The average molecular weight is 251 g/mol. The average Bonchev–Trinajstić information content (AvgIpc) is 3.08. The van der Waals surface area contributed by atoms with E-state index in [9.17, 15) is 0 Å². The van der Waals surface area contributed by atoms with Crippen LogP contribution in [-0.2, 0) is 7.05 Å². The molecule has 0 spiro atoms. The van der Waals surface area contributed by atoms with Gasteiger partial charge >= 0.3 is 0 Å². The molecule has 19 heavy (non-hydrogen) atoms. The third kappa shape index (κ3) is 1.57. The van der Waals surface area contributed by atoms with Gasteiger partial charge < -0.3 is 4.57 Å². The first-order valence-corrected chi connectivity index (χ1v) is 7.02. The second kappa shape index (κ2) is 4.05. The fourth-order valence-electron chi connectivity index (χ4n) is 3.47. The Labute approximate surface area is 112 Å². The van der Waals surface area contributed by atoms with Crippen LogP contribution in [0, 0.1) is 0 Å². The maximum absolute atomic E-state index is 4.40. The lowest BCUT2D eigenvalue weighted by Crippen LogP contribution is -1.92. The summed E-state index contributed by atoms with van der Waals surface area (Å²) >= 11 is 0. The van der Waals surface area contributed by atoms with Crippen LogP contribution in [0.2, 0.25) is 0 Å². The number of aryl methyl sites for hydroxylation is 1. The number of nitrogens with zero attached hydrogens (tertiary/aromatic N) is 3. The highest BCUT2D eigenvalue weighted by molar-refractivity contribution is 6.06. The highest BCUT2D eigenvalue weighted by Crippen LogP contribution is 2.36. The summed E-state index contributed by atoms with van der Waals surface area (Å²) in [5, 5.41) is 2.46. The Kier molecular flexibility index (Phi) is 2.34. The van der Waals surface area contributed by atoms with Crippen LogP contribution < -0.4 is 0 Å². The van der Waals surface area contributed by atoms with E-state index in [1.54, 1.807) is 6.33 Å². The molecule has 0 aliphatic heterocycles. The van der Waals surface area contributed by atoms with Crippen molar-refractivity contribution in [3.63, 3.8) is 0 Å². The first-order chi connectivity index (χ1) is 9.34. The summed E-state index contributed by atoms with van der Waals surface area (Å²) in [4.78, 5) is 8.58. The van der Waals surface area contributed by atoms with Gasteiger partial charge in [0.25, 0.3) is 0 Å². The second-order valence-corrected chi connectivity index (χ2v) is 5.58. The molecule has 0 N–H and O–H groups in total. The van der Waals surface area contributed by atoms with Crippen LogP contribution in [0.1, 0.15) is 37.2 Å². The lowest BCUT2D eigenvalue weighted by molar-refractivity contribution is 0.724. The Morgan fingerprint density at radius 1 is 1.16 bits per heavy atom. The molecule has 3 heteroatoms. The Bertz CT molecular complexity index is 751. The zero-order valence-corrected chi connectivity index (χ0v) is 11.1. The van der Waals surface area contributed by atoms with E-state index in [0.717, 1.165) is 11.6 Å². The van der Waals surface area contributed by atoms with Crippen molar-refractivity contribution < 1.29 is 0 Å². The van der Waals surface area contributed by atoms with E-state index in [1.165, 1.54) is 47.5 Å². The normalized spacial score (nSPS) is 16.7. The number of rotatable bonds is 1. The molecule has 1 aliphatic rings. The largest absolute Gasteiger partial charge is 0.328 e. The van der Waals surface area contributed by atoms with Gasteiger partial charge in [-0.3, -0.25) is 0 Å². The van der Waals surface area contributed by atoms with Crippen molar-refractivity contribution in [2.75, 3.05) is 0 Å². The molecule has 0 amide bonds. The fourth-order valence-corrected chi connectivity index (χ4v) is 3.47. The monoisotopic (exact) mass is 251 g/mol. The fraction of sp³-hybridized carbons (Fsp3) is 0.375. The molecule has 2 heterocycles. The van der Waals surface area contributed by atoms with E-state index in [4.69, 9.17) is 0 Å². The molecular formula is C16H17N3. The number of fused-ring (bicyclic) bond motifs is 3. The maximum atomic E-state index is 4.40. The maximum Gasteiger partial charge on any atom is 0.144 e. The Morgan fingerprint density at radius 2 is 2.00 bits per heavy atom. The minimum Gasteiger partial charge on any atom is -0.328 e. The van der Waals surface area contributed by atoms with Crippen LogP contribution in [0.5, 0.6) is 0 Å². The van der Waals surface area contributed by atoms with Gasteiger partial charge in [-0.1, -0.05) is 18.9 Å². The van der Waals surface area contributed by atoms with Crippen LogP contribution in [0.25, 0.3) is 21.9 Å². The molecule has 0 saturated heterocycles. The molecule has 3 aromatic rings. The Hall–Kier alpha value is -1.90. The number of hydrogen-bond acceptors (Lipinski definition) is 2. The summed E-state index contributed by atoms with van der Waals surface area (Å²) < 4.78 is 2.16. The van der Waals surface area contributed by atoms with Crippen LogP contribution in [0.4, 0.5) is 0 Å². The molecule has 0 radical (unpaired) electrons. The molecule has 0 atom stereocenters. The Balaban J connectivity index is 1.99. The van der Waals surface area contributed by atoms with Gasteiger partial charge in [0, 0.05) is 24.0 Å². The highest BCUT2D eigenvalue weighted by atomic mass is 15.0. The Morgan fingerprint density at radius 3 is 2.84 bits per heavy atom. The van der Waals surface area contributed by atoms with Gasteiger partial charge in [-0.05, 0) is 36.5 Å². The van der Waals surface area contributed by atoms with E-state index in [1.807, 2.05) is 6.20 Å². The van der Waals surface area contributed by atoms with Crippen LogP contribution in [-0.4, -0.2) is 14.5 Å². The van der Waals surface area contributed by atoms with Gasteiger partial charge in [0.1, 0.15) is 12.0 Å². The number of benzene rings is 1. The molecule has 0 bridgehead atoms. The van der Waals surface area contributed by atoms with E-state index < -0.39 is 0 Å². The smallest absolute Gasteiger partial charge is 0.144 e. The second-order valence-electron chi connectivity index (χ2n) is 5.58. The van der Waals surface area contributed by atoms with Crippen LogP contribution in [0.3, 0.4) is 0 Å². The molecular weight excluding hydrogens is 234 g/mol. The summed E-state index contributed by atoms with van der Waals surface area (Å²) in [5.41, 5.74) is 3.76. The molecule has 2 aromatic heterocycles. The predicted molar refractivity (Wildman–Crippen MR) is 77.2 cm³/mol. The van der Waals surface area contributed by atoms with Crippen molar-refractivity contribution in [3.05, 3.63) is 36.3 Å². The first-order valence-electron chi connectivity index (χ1n) is 7.02. The van der Waals surface area contributed by atoms with Gasteiger partial charge in [-0.2, -0.15) is 0 Å². The van der Waals surface area contributed by atoms with E-state index in [2.05, 4.69) is 39.8 Å². The lowest BCUT2D eigenvalue weighted by atomic mass is 9.96. The van der Waals surface area contributed by atoms with E-state index >= 15 is 0 Å². The zero-order valence-electron chi connectivity index (χ0n) is 11.1. The quantitative estimate of drug-likeness (QED) is 0.659. The molecule has 1 aliphatic carbocycles. The summed E-state index contributed by atoms with van der Waals surface area (Å²) in [6, 6.07) is 6.90. The topological polar surface area (TPSA) is 30.7 Å².